The van der Waals surface area contributed by atoms with Crippen LogP contribution < -0.4 is 10.6 Å². The van der Waals surface area contributed by atoms with Gasteiger partial charge in [0, 0.05) is 20.3 Å². The summed E-state index contributed by atoms with van der Waals surface area (Å²) in [5.41, 5.74) is 0.716. The highest BCUT2D eigenvalue weighted by molar-refractivity contribution is 5.90. The van der Waals surface area contributed by atoms with Gasteiger partial charge in [-0.05, 0) is 19.9 Å². The molecule has 2 N–H and O–H groups in total. The Hall–Kier alpha value is -2.19. The number of nitrogens with one attached hydrogen (secondary N) is 2. The molecule has 0 spiro atoms. The Morgan fingerprint density at radius 2 is 1.95 bits per heavy atom. The van der Waals surface area contributed by atoms with Gasteiger partial charge in [0.25, 0.3) is 5.69 Å². The fourth-order valence-electron chi connectivity index (χ4n) is 1.89. The van der Waals surface area contributed by atoms with Crippen molar-refractivity contribution in [2.75, 3.05) is 19.5 Å². The van der Waals surface area contributed by atoms with Gasteiger partial charge in [-0.2, -0.15) is 0 Å². The molecule has 1 rings (SSSR count). The lowest BCUT2D eigenvalue weighted by Crippen LogP contribution is -2.44. The lowest BCUT2D eigenvalue weighted by molar-refractivity contribution is -0.385. The minimum absolute atomic E-state index is 0.0486. The lowest BCUT2D eigenvalue weighted by atomic mass is 10.1. The maximum Gasteiger partial charge on any atom is 0.319 e. The molecule has 1 atom stereocenters. The molecule has 1 aromatic carbocycles. The van der Waals surface area contributed by atoms with Crippen LogP contribution in [0.25, 0.3) is 0 Å². The van der Waals surface area contributed by atoms with Crippen LogP contribution in [0.5, 0.6) is 0 Å². The van der Waals surface area contributed by atoms with Crippen LogP contribution in [-0.4, -0.2) is 37.5 Å². The van der Waals surface area contributed by atoms with Gasteiger partial charge in [0.1, 0.15) is 0 Å². The van der Waals surface area contributed by atoms with E-state index >= 15 is 0 Å². The van der Waals surface area contributed by atoms with Gasteiger partial charge < -0.3 is 20.1 Å². The Bertz CT molecular complexity index is 517. The molecule has 1 aromatic rings. The number of urea groups is 1. The van der Waals surface area contributed by atoms with Crippen molar-refractivity contribution in [2.45, 2.75) is 26.2 Å². The van der Waals surface area contributed by atoms with E-state index in [4.69, 9.17) is 9.47 Å². The number of carbonyl (C=O) groups excluding carboxylic acids is 1. The number of nitrogens with zero attached hydrogens (tertiary/aromatic N) is 1. The minimum Gasteiger partial charge on any atom is -0.354 e. The summed E-state index contributed by atoms with van der Waals surface area (Å²) >= 11 is 0. The lowest BCUT2D eigenvalue weighted by Gasteiger charge is -2.22. The van der Waals surface area contributed by atoms with Gasteiger partial charge in [-0.3, -0.25) is 10.1 Å². The Morgan fingerprint density at radius 3 is 2.48 bits per heavy atom. The van der Waals surface area contributed by atoms with E-state index in [1.165, 1.54) is 26.4 Å². The average Bonchev–Trinajstić information content (AvgIpc) is 2.42. The van der Waals surface area contributed by atoms with Gasteiger partial charge in [0.15, 0.2) is 6.29 Å². The van der Waals surface area contributed by atoms with E-state index in [2.05, 4.69) is 10.6 Å². The van der Waals surface area contributed by atoms with E-state index in [1.54, 1.807) is 19.9 Å². The summed E-state index contributed by atoms with van der Waals surface area (Å²) in [5, 5.41) is 16.1. The van der Waals surface area contributed by atoms with Crippen LogP contribution >= 0.6 is 0 Å². The molecule has 0 saturated heterocycles. The highest BCUT2D eigenvalue weighted by Crippen LogP contribution is 2.24. The molecule has 0 bridgehead atoms. The third kappa shape index (κ3) is 4.40. The van der Waals surface area contributed by atoms with E-state index in [-0.39, 0.29) is 11.7 Å². The number of nitro groups is 1. The van der Waals surface area contributed by atoms with Crippen molar-refractivity contribution in [2.24, 2.45) is 0 Å². The highest BCUT2D eigenvalue weighted by atomic mass is 16.7. The summed E-state index contributed by atoms with van der Waals surface area (Å²) in [5.74, 6) is 0. The molecule has 0 fully saturated rings. The Morgan fingerprint density at radius 1 is 1.33 bits per heavy atom. The van der Waals surface area contributed by atoms with Crippen LogP contribution in [-0.2, 0) is 9.47 Å². The second kappa shape index (κ2) is 7.55. The minimum atomic E-state index is -0.582. The maximum atomic E-state index is 11.9. The third-order valence-electron chi connectivity index (χ3n) is 2.98. The molecule has 0 heterocycles. The smallest absolute Gasteiger partial charge is 0.319 e. The predicted octanol–water partition coefficient (Wildman–Crippen LogP) is 2.03. The average molecular weight is 297 g/mol. The van der Waals surface area contributed by atoms with Gasteiger partial charge in [-0.25, -0.2) is 4.79 Å². The zero-order valence-electron chi connectivity index (χ0n) is 12.4. The fraction of sp³-hybridized carbons (Fsp3) is 0.462. The first kappa shape index (κ1) is 16.9. The number of methoxy groups -OCH3 is 2. The van der Waals surface area contributed by atoms with Crippen molar-refractivity contribution in [3.05, 3.63) is 33.9 Å². The van der Waals surface area contributed by atoms with Crippen molar-refractivity contribution in [3.63, 3.8) is 0 Å². The summed E-state index contributed by atoms with van der Waals surface area (Å²) in [7, 11) is 2.93. The van der Waals surface area contributed by atoms with Crippen molar-refractivity contribution in [3.8, 4) is 0 Å². The first-order chi connectivity index (χ1) is 9.90. The van der Waals surface area contributed by atoms with Crippen LogP contribution in [0.15, 0.2) is 18.2 Å². The molecule has 0 aliphatic rings. The number of hydrogen-bond acceptors (Lipinski definition) is 5. The van der Waals surface area contributed by atoms with Crippen molar-refractivity contribution >= 4 is 17.4 Å². The molecule has 8 heteroatoms. The first-order valence-corrected chi connectivity index (χ1v) is 6.27. The summed E-state index contributed by atoms with van der Waals surface area (Å²) in [6, 6.07) is 3.60. The summed E-state index contributed by atoms with van der Waals surface area (Å²) in [4.78, 5) is 22.2. The zero-order valence-corrected chi connectivity index (χ0v) is 12.4. The Labute approximate surface area is 122 Å². The van der Waals surface area contributed by atoms with E-state index in [0.29, 0.717) is 11.3 Å². The van der Waals surface area contributed by atoms with Gasteiger partial charge in [0.05, 0.1) is 22.2 Å². The summed E-state index contributed by atoms with van der Waals surface area (Å²) in [6.45, 7) is 3.29. The number of hydrogen-bond donors (Lipinski definition) is 2. The van der Waals surface area contributed by atoms with E-state index in [0.717, 1.165) is 0 Å². The molecule has 0 aromatic heterocycles. The molecule has 8 nitrogen and oxygen atoms in total. The van der Waals surface area contributed by atoms with Crippen LogP contribution in [0, 0.1) is 17.0 Å². The molecular formula is C13H19N3O5. The van der Waals surface area contributed by atoms with Gasteiger partial charge >= 0.3 is 6.03 Å². The molecule has 0 saturated carbocycles. The topological polar surface area (TPSA) is 103 Å². The number of benzene rings is 1. The van der Waals surface area contributed by atoms with E-state index in [9.17, 15) is 14.9 Å². The molecule has 116 valence electrons. The van der Waals surface area contributed by atoms with Crippen LogP contribution in [0.3, 0.4) is 0 Å². The number of carbonyl (C=O) groups is 1. The standard InChI is InChI=1S/C13H19N3O5/c1-8-10(6-5-7-11(8)16(18)19)15-13(17)14-9(2)12(20-3)21-4/h5-7,9,12H,1-4H3,(H2,14,15,17)/t9-/m0/s1. The molecule has 0 radical (unpaired) electrons. The highest BCUT2D eigenvalue weighted by Gasteiger charge is 2.19. The third-order valence-corrected chi connectivity index (χ3v) is 2.98. The van der Waals surface area contributed by atoms with Gasteiger partial charge in [0.2, 0.25) is 0 Å². The number of rotatable bonds is 6. The largest absolute Gasteiger partial charge is 0.354 e. The molecular weight excluding hydrogens is 278 g/mol. The zero-order chi connectivity index (χ0) is 16.0. The predicted molar refractivity (Wildman–Crippen MR) is 77.3 cm³/mol. The fourth-order valence-corrected chi connectivity index (χ4v) is 1.89. The first-order valence-electron chi connectivity index (χ1n) is 6.27. The van der Waals surface area contributed by atoms with E-state index < -0.39 is 17.2 Å². The number of nitro benzene ring substituents is 1. The van der Waals surface area contributed by atoms with Gasteiger partial charge in [-0.15, -0.1) is 0 Å². The van der Waals surface area contributed by atoms with Crippen molar-refractivity contribution in [1.82, 2.24) is 5.32 Å². The molecule has 21 heavy (non-hydrogen) atoms. The monoisotopic (exact) mass is 297 g/mol. The van der Waals surface area contributed by atoms with Crippen LogP contribution in [0.4, 0.5) is 16.2 Å². The van der Waals surface area contributed by atoms with Crippen LogP contribution in [0.1, 0.15) is 12.5 Å². The SMILES string of the molecule is COC(OC)[C@H](C)NC(=O)Nc1cccc([N+](=O)[O-])c1C. The quantitative estimate of drug-likeness (QED) is 0.475. The van der Waals surface area contributed by atoms with Gasteiger partial charge in [-0.1, -0.05) is 6.07 Å². The normalized spacial score (nSPS) is 12.0. The Kier molecular flexibility index (Phi) is 6.07. The van der Waals surface area contributed by atoms with Crippen molar-refractivity contribution < 1.29 is 19.2 Å². The number of ether oxygens (including phenoxy) is 2. The summed E-state index contributed by atoms with van der Waals surface area (Å²) < 4.78 is 10.1. The Balaban J connectivity index is 2.76. The van der Waals surface area contributed by atoms with E-state index in [1.807, 2.05) is 0 Å². The summed E-state index contributed by atoms with van der Waals surface area (Å²) in [6.07, 6.45) is -0.582. The number of amides is 2. The molecule has 0 unspecified atom stereocenters. The number of anilines is 1. The molecule has 2 amide bonds. The maximum absolute atomic E-state index is 11.9. The van der Waals surface area contributed by atoms with Crippen LogP contribution in [0.2, 0.25) is 0 Å². The molecule has 0 aliphatic carbocycles. The van der Waals surface area contributed by atoms with Crippen molar-refractivity contribution in [1.29, 1.82) is 0 Å². The second-order valence-corrected chi connectivity index (χ2v) is 4.43. The second-order valence-electron chi connectivity index (χ2n) is 4.43. The molecule has 0 aliphatic heterocycles.